The molecule has 1 saturated carbocycles. The normalized spacial score (nSPS) is 20.6. The van der Waals surface area contributed by atoms with E-state index in [9.17, 15) is 9.59 Å². The van der Waals surface area contributed by atoms with Crippen LogP contribution in [0.25, 0.3) is 21.7 Å². The lowest BCUT2D eigenvalue weighted by Crippen LogP contribution is -2.33. The Kier molecular flexibility index (Phi) is 3.10. The van der Waals surface area contributed by atoms with Crippen molar-refractivity contribution in [3.63, 3.8) is 0 Å². The second kappa shape index (κ2) is 5.34. The Bertz CT molecular complexity index is 1000. The van der Waals surface area contributed by atoms with Gasteiger partial charge in [0.2, 0.25) is 0 Å². The van der Waals surface area contributed by atoms with Gasteiger partial charge in [0.1, 0.15) is 5.69 Å². The number of benzene rings is 2. The number of hydrogen-bond donors (Lipinski definition) is 1. The molecular formula is C20H18N2O3. The van der Waals surface area contributed by atoms with E-state index in [1.807, 2.05) is 47.4 Å². The molecule has 1 aliphatic heterocycles. The minimum Gasteiger partial charge on any atom is -0.448 e. The minimum atomic E-state index is -0.642. The van der Waals surface area contributed by atoms with E-state index in [0.717, 1.165) is 34.5 Å². The number of aromatic amines is 1. The summed E-state index contributed by atoms with van der Waals surface area (Å²) in [4.78, 5) is 29.8. The largest absolute Gasteiger partial charge is 0.448 e. The molecule has 1 aliphatic carbocycles. The molecule has 5 nitrogen and oxygen atoms in total. The average molecular weight is 334 g/mol. The van der Waals surface area contributed by atoms with Crippen molar-refractivity contribution in [2.75, 3.05) is 6.54 Å². The molecule has 25 heavy (non-hydrogen) atoms. The molecule has 1 aromatic heterocycles. The summed E-state index contributed by atoms with van der Waals surface area (Å²) in [5, 5.41) is 3.20. The maximum absolute atomic E-state index is 12.5. The molecule has 1 amide bonds. The third-order valence-corrected chi connectivity index (χ3v) is 5.18. The zero-order valence-corrected chi connectivity index (χ0v) is 13.7. The van der Waals surface area contributed by atoms with Crippen LogP contribution in [0.2, 0.25) is 0 Å². The summed E-state index contributed by atoms with van der Waals surface area (Å²) in [6.07, 6.45) is 2.09. The highest BCUT2D eigenvalue weighted by Crippen LogP contribution is 2.32. The summed E-state index contributed by atoms with van der Waals surface area (Å²) in [6, 6.07) is 14.2. The summed E-state index contributed by atoms with van der Waals surface area (Å²) in [6.45, 7) is 0.693. The van der Waals surface area contributed by atoms with Crippen molar-refractivity contribution < 1.29 is 14.3 Å². The number of amides is 1. The van der Waals surface area contributed by atoms with E-state index < -0.39 is 12.1 Å². The summed E-state index contributed by atoms with van der Waals surface area (Å²) in [7, 11) is 0. The van der Waals surface area contributed by atoms with Crippen molar-refractivity contribution >= 4 is 33.6 Å². The highest BCUT2D eigenvalue weighted by molar-refractivity contribution is 6.09. The fraction of sp³-hybridized carbons (Fsp3) is 0.300. The fourth-order valence-electron chi connectivity index (χ4n) is 3.72. The van der Waals surface area contributed by atoms with E-state index in [4.69, 9.17) is 4.74 Å². The number of carbonyl (C=O) groups is 2. The smallest absolute Gasteiger partial charge is 0.355 e. The van der Waals surface area contributed by atoms with Crippen molar-refractivity contribution in [3.05, 3.63) is 48.2 Å². The molecule has 5 heteroatoms. The molecule has 1 saturated heterocycles. The SMILES string of the molecule is O=C(OC1CCN(C2CC2)C1=O)c1cc2c(ccc3ccccc32)[nH]1. The number of carbonyl (C=O) groups excluding carboxylic acids is 2. The van der Waals surface area contributed by atoms with Crippen molar-refractivity contribution in [2.24, 2.45) is 0 Å². The minimum absolute atomic E-state index is 0.0441. The van der Waals surface area contributed by atoms with Crippen LogP contribution in [0, 0.1) is 0 Å². The van der Waals surface area contributed by atoms with Gasteiger partial charge in [-0.3, -0.25) is 4.79 Å². The molecule has 0 radical (unpaired) electrons. The molecule has 2 aliphatic rings. The predicted octanol–water partition coefficient (Wildman–Crippen LogP) is 3.24. The number of esters is 1. The second-order valence-corrected chi connectivity index (χ2v) is 6.88. The Labute approximate surface area is 144 Å². The summed E-state index contributed by atoms with van der Waals surface area (Å²) < 4.78 is 5.50. The van der Waals surface area contributed by atoms with Gasteiger partial charge in [-0.05, 0) is 35.7 Å². The Morgan fingerprint density at radius 3 is 2.76 bits per heavy atom. The van der Waals surface area contributed by atoms with Gasteiger partial charge in [0.15, 0.2) is 6.10 Å². The first kappa shape index (κ1) is 14.5. The van der Waals surface area contributed by atoms with Gasteiger partial charge in [-0.25, -0.2) is 4.79 Å². The van der Waals surface area contributed by atoms with Crippen molar-refractivity contribution in [2.45, 2.75) is 31.4 Å². The highest BCUT2D eigenvalue weighted by atomic mass is 16.5. The molecule has 1 unspecified atom stereocenters. The molecule has 1 N–H and O–H groups in total. The van der Waals surface area contributed by atoms with Gasteiger partial charge < -0.3 is 14.6 Å². The van der Waals surface area contributed by atoms with Crippen LogP contribution in [0.4, 0.5) is 0 Å². The Hall–Kier alpha value is -2.82. The van der Waals surface area contributed by atoms with Gasteiger partial charge in [-0.1, -0.05) is 30.3 Å². The zero-order valence-electron chi connectivity index (χ0n) is 13.7. The van der Waals surface area contributed by atoms with E-state index in [0.29, 0.717) is 24.7 Å². The van der Waals surface area contributed by atoms with Crippen molar-refractivity contribution in [1.82, 2.24) is 9.88 Å². The first-order valence-corrected chi connectivity index (χ1v) is 8.72. The van der Waals surface area contributed by atoms with Crippen LogP contribution in [-0.2, 0) is 9.53 Å². The molecule has 2 aromatic carbocycles. The van der Waals surface area contributed by atoms with Crippen LogP contribution in [-0.4, -0.2) is 40.5 Å². The zero-order chi connectivity index (χ0) is 17.0. The summed E-state index contributed by atoms with van der Waals surface area (Å²) in [5.41, 5.74) is 1.28. The molecule has 5 rings (SSSR count). The van der Waals surface area contributed by atoms with Gasteiger partial charge in [0.25, 0.3) is 5.91 Å². The van der Waals surface area contributed by atoms with E-state index in [1.54, 1.807) is 0 Å². The number of likely N-dealkylation sites (tertiary alicyclic amines) is 1. The fourth-order valence-corrected chi connectivity index (χ4v) is 3.72. The van der Waals surface area contributed by atoms with Crippen LogP contribution in [0.1, 0.15) is 29.8 Å². The topological polar surface area (TPSA) is 62.4 Å². The Morgan fingerprint density at radius 2 is 1.92 bits per heavy atom. The standard InChI is InChI=1S/C20H18N2O3/c23-19-18(9-10-22(19)13-6-7-13)25-20(24)17-11-15-14-4-2-1-3-12(14)5-8-16(15)21-17/h1-5,8,11,13,18,21H,6-7,9-10H2. The third kappa shape index (κ3) is 2.38. The number of aromatic nitrogens is 1. The number of nitrogens with one attached hydrogen (secondary N) is 1. The number of H-pyrrole nitrogens is 1. The first-order chi connectivity index (χ1) is 12.2. The Balaban J connectivity index is 1.42. The van der Waals surface area contributed by atoms with Crippen molar-refractivity contribution in [1.29, 1.82) is 0 Å². The lowest BCUT2D eigenvalue weighted by molar-refractivity contribution is -0.135. The number of hydrogen-bond acceptors (Lipinski definition) is 3. The van der Waals surface area contributed by atoms with Crippen LogP contribution in [0.5, 0.6) is 0 Å². The van der Waals surface area contributed by atoms with Gasteiger partial charge >= 0.3 is 5.97 Å². The Morgan fingerprint density at radius 1 is 1.08 bits per heavy atom. The summed E-state index contributed by atoms with van der Waals surface area (Å²) in [5.74, 6) is -0.506. The van der Waals surface area contributed by atoms with E-state index in [1.165, 1.54) is 0 Å². The predicted molar refractivity (Wildman–Crippen MR) is 94.4 cm³/mol. The molecule has 0 spiro atoms. The lowest BCUT2D eigenvalue weighted by Gasteiger charge is -2.15. The highest BCUT2D eigenvalue weighted by Gasteiger charge is 2.42. The molecular weight excluding hydrogens is 316 g/mol. The van der Waals surface area contributed by atoms with Gasteiger partial charge in [0, 0.05) is 29.9 Å². The van der Waals surface area contributed by atoms with Crippen molar-refractivity contribution in [3.8, 4) is 0 Å². The van der Waals surface area contributed by atoms with Crippen LogP contribution in [0.15, 0.2) is 42.5 Å². The lowest BCUT2D eigenvalue weighted by atomic mass is 10.1. The monoisotopic (exact) mass is 334 g/mol. The van der Waals surface area contributed by atoms with E-state index in [-0.39, 0.29) is 5.91 Å². The molecule has 1 atom stereocenters. The molecule has 0 bridgehead atoms. The molecule has 3 aromatic rings. The maximum Gasteiger partial charge on any atom is 0.355 e. The first-order valence-electron chi connectivity index (χ1n) is 8.72. The number of rotatable bonds is 3. The van der Waals surface area contributed by atoms with Crippen LogP contribution >= 0.6 is 0 Å². The van der Waals surface area contributed by atoms with Crippen LogP contribution in [0.3, 0.4) is 0 Å². The maximum atomic E-state index is 12.5. The van der Waals surface area contributed by atoms with E-state index >= 15 is 0 Å². The van der Waals surface area contributed by atoms with Gasteiger partial charge in [0.05, 0.1) is 0 Å². The second-order valence-electron chi connectivity index (χ2n) is 6.88. The van der Waals surface area contributed by atoms with Crippen LogP contribution < -0.4 is 0 Å². The molecule has 2 fully saturated rings. The van der Waals surface area contributed by atoms with E-state index in [2.05, 4.69) is 4.98 Å². The number of ether oxygens (including phenoxy) is 1. The summed E-state index contributed by atoms with van der Waals surface area (Å²) >= 11 is 0. The average Bonchev–Trinajstić information content (AvgIpc) is 3.26. The van der Waals surface area contributed by atoms with Gasteiger partial charge in [-0.2, -0.15) is 0 Å². The third-order valence-electron chi connectivity index (χ3n) is 5.18. The molecule has 2 heterocycles. The number of nitrogens with zero attached hydrogens (tertiary/aromatic N) is 1. The van der Waals surface area contributed by atoms with Gasteiger partial charge in [-0.15, -0.1) is 0 Å². The number of fused-ring (bicyclic) bond motifs is 3. The molecule has 126 valence electrons. The quantitative estimate of drug-likeness (QED) is 0.748.